The maximum Gasteiger partial charge on any atom is 0.0608 e. The fraction of sp³-hybridized carbons (Fsp3) is 0.667. The Morgan fingerprint density at radius 3 is 2.55 bits per heavy atom. The number of allylic oxidation sites excluding steroid dienone is 3. The van der Waals surface area contributed by atoms with E-state index in [0.717, 1.165) is 30.1 Å². The SMILES string of the molecule is CCC1C=C2CC(OC)CC[C@]2(C)[C@@H]2CC[C@]3(C)C(c4ccncc4)=CC[C@H]3[C@H]12. The van der Waals surface area contributed by atoms with Gasteiger partial charge in [-0.2, -0.15) is 0 Å². The molecule has 0 aliphatic heterocycles. The molecule has 156 valence electrons. The summed E-state index contributed by atoms with van der Waals surface area (Å²) in [6.45, 7) is 7.59. The molecular formula is C27H37NO. The largest absolute Gasteiger partial charge is 0.381 e. The van der Waals surface area contributed by atoms with Crippen LogP contribution in [0.5, 0.6) is 0 Å². The van der Waals surface area contributed by atoms with E-state index in [1.807, 2.05) is 19.5 Å². The van der Waals surface area contributed by atoms with Gasteiger partial charge in [-0.15, -0.1) is 0 Å². The average molecular weight is 392 g/mol. The van der Waals surface area contributed by atoms with Gasteiger partial charge < -0.3 is 4.74 Å². The fourth-order valence-electron chi connectivity index (χ4n) is 7.93. The van der Waals surface area contributed by atoms with E-state index in [2.05, 4.69) is 50.0 Å². The number of nitrogens with zero attached hydrogens (tertiary/aromatic N) is 1. The third kappa shape index (κ3) is 2.81. The number of hydrogen-bond acceptors (Lipinski definition) is 2. The van der Waals surface area contributed by atoms with Crippen LogP contribution in [-0.4, -0.2) is 18.2 Å². The van der Waals surface area contributed by atoms with Gasteiger partial charge in [0.1, 0.15) is 0 Å². The van der Waals surface area contributed by atoms with Crippen molar-refractivity contribution in [1.82, 2.24) is 4.98 Å². The summed E-state index contributed by atoms with van der Waals surface area (Å²) >= 11 is 0. The topological polar surface area (TPSA) is 22.1 Å². The van der Waals surface area contributed by atoms with Gasteiger partial charge in [0.05, 0.1) is 6.10 Å². The van der Waals surface area contributed by atoms with Gasteiger partial charge >= 0.3 is 0 Å². The van der Waals surface area contributed by atoms with Crippen molar-refractivity contribution < 1.29 is 4.74 Å². The number of methoxy groups -OCH3 is 1. The van der Waals surface area contributed by atoms with Crippen LogP contribution >= 0.6 is 0 Å². The Morgan fingerprint density at radius 2 is 1.83 bits per heavy atom. The molecule has 2 unspecified atom stereocenters. The second-order valence-electron chi connectivity index (χ2n) is 10.6. The Balaban J connectivity index is 1.51. The number of ether oxygens (including phenoxy) is 1. The molecule has 4 aliphatic carbocycles. The Bertz CT molecular complexity index is 826. The molecule has 0 radical (unpaired) electrons. The van der Waals surface area contributed by atoms with Gasteiger partial charge in [0.15, 0.2) is 0 Å². The van der Waals surface area contributed by atoms with Gasteiger partial charge in [0.25, 0.3) is 0 Å². The second kappa shape index (κ2) is 7.08. The Hall–Kier alpha value is -1.41. The molecule has 5 rings (SSSR count). The quantitative estimate of drug-likeness (QED) is 0.536. The van der Waals surface area contributed by atoms with Crippen molar-refractivity contribution in [2.75, 3.05) is 7.11 Å². The lowest BCUT2D eigenvalue weighted by Crippen LogP contribution is -2.52. The molecule has 0 bridgehead atoms. The van der Waals surface area contributed by atoms with Crippen molar-refractivity contribution in [3.05, 3.63) is 47.8 Å². The van der Waals surface area contributed by atoms with E-state index in [4.69, 9.17) is 4.74 Å². The van der Waals surface area contributed by atoms with Crippen molar-refractivity contribution >= 4 is 5.57 Å². The molecule has 0 spiro atoms. The van der Waals surface area contributed by atoms with Crippen LogP contribution < -0.4 is 0 Å². The highest BCUT2D eigenvalue weighted by Crippen LogP contribution is 2.67. The molecule has 0 saturated heterocycles. The number of pyridine rings is 1. The highest BCUT2D eigenvalue weighted by Gasteiger charge is 2.58. The van der Waals surface area contributed by atoms with Crippen LogP contribution in [0, 0.1) is 34.5 Å². The van der Waals surface area contributed by atoms with Crippen LogP contribution in [0.3, 0.4) is 0 Å². The van der Waals surface area contributed by atoms with Crippen molar-refractivity contribution in [3.63, 3.8) is 0 Å². The van der Waals surface area contributed by atoms with Crippen molar-refractivity contribution in [1.29, 1.82) is 0 Å². The van der Waals surface area contributed by atoms with Crippen molar-refractivity contribution in [3.8, 4) is 0 Å². The standard InChI is InChI=1S/C27H37NO/c1-5-18-16-20-17-21(29-4)8-12-26(20,2)24-9-13-27(3)22(6-7-23(27)25(18)24)19-10-14-28-15-11-19/h6,10-11,14-16,18,21,23-25H,5,7-9,12-13,17H2,1-4H3/t18?,21?,23-,24+,25-,26-,27+/m0/s1. The molecule has 0 aromatic carbocycles. The lowest BCUT2D eigenvalue weighted by Gasteiger charge is -2.60. The van der Waals surface area contributed by atoms with Gasteiger partial charge in [-0.3, -0.25) is 4.98 Å². The van der Waals surface area contributed by atoms with E-state index in [1.54, 1.807) is 11.1 Å². The zero-order valence-corrected chi connectivity index (χ0v) is 18.7. The first-order valence-corrected chi connectivity index (χ1v) is 11.9. The van der Waals surface area contributed by atoms with E-state index in [-0.39, 0.29) is 0 Å². The van der Waals surface area contributed by atoms with Gasteiger partial charge in [0.2, 0.25) is 0 Å². The number of aromatic nitrogens is 1. The average Bonchev–Trinajstić information content (AvgIpc) is 3.10. The summed E-state index contributed by atoms with van der Waals surface area (Å²) in [5, 5.41) is 0. The van der Waals surface area contributed by atoms with Crippen LogP contribution in [0.2, 0.25) is 0 Å². The lowest BCUT2D eigenvalue weighted by molar-refractivity contribution is -0.0507. The van der Waals surface area contributed by atoms with Crippen LogP contribution in [-0.2, 0) is 4.74 Å². The number of rotatable bonds is 3. The molecule has 4 aliphatic rings. The van der Waals surface area contributed by atoms with E-state index in [1.165, 1.54) is 44.1 Å². The molecule has 7 atom stereocenters. The summed E-state index contributed by atoms with van der Waals surface area (Å²) < 4.78 is 5.78. The molecule has 1 aromatic rings. The number of fused-ring (bicyclic) bond motifs is 5. The molecule has 0 N–H and O–H groups in total. The first-order valence-electron chi connectivity index (χ1n) is 11.9. The van der Waals surface area contributed by atoms with Gasteiger partial charge in [0, 0.05) is 19.5 Å². The first kappa shape index (κ1) is 19.5. The van der Waals surface area contributed by atoms with E-state index in [9.17, 15) is 0 Å². The monoisotopic (exact) mass is 391 g/mol. The minimum atomic E-state index is 0.321. The van der Waals surface area contributed by atoms with Crippen molar-refractivity contribution in [2.45, 2.75) is 71.8 Å². The summed E-state index contributed by atoms with van der Waals surface area (Å²) in [7, 11) is 1.90. The summed E-state index contributed by atoms with van der Waals surface area (Å²) in [4.78, 5) is 4.26. The van der Waals surface area contributed by atoms with Crippen LogP contribution in [0.15, 0.2) is 42.3 Å². The predicted molar refractivity (Wildman–Crippen MR) is 119 cm³/mol. The zero-order valence-electron chi connectivity index (χ0n) is 18.7. The number of hydrogen-bond donors (Lipinski definition) is 0. The highest BCUT2D eigenvalue weighted by atomic mass is 16.5. The summed E-state index contributed by atoms with van der Waals surface area (Å²) in [6, 6.07) is 4.43. The molecule has 2 nitrogen and oxygen atoms in total. The summed E-state index contributed by atoms with van der Waals surface area (Å²) in [5.74, 6) is 3.17. The maximum absolute atomic E-state index is 5.78. The minimum absolute atomic E-state index is 0.321. The highest BCUT2D eigenvalue weighted by molar-refractivity contribution is 5.72. The zero-order chi connectivity index (χ0) is 20.2. The molecule has 0 amide bonds. The maximum atomic E-state index is 5.78. The Morgan fingerprint density at radius 1 is 1.07 bits per heavy atom. The Kier molecular flexibility index (Phi) is 4.77. The molecule has 1 aromatic heterocycles. The minimum Gasteiger partial charge on any atom is -0.381 e. The third-order valence-electron chi connectivity index (χ3n) is 9.60. The van der Waals surface area contributed by atoms with E-state index >= 15 is 0 Å². The van der Waals surface area contributed by atoms with Crippen LogP contribution in [0.1, 0.15) is 71.3 Å². The lowest BCUT2D eigenvalue weighted by atomic mass is 9.45. The normalized spacial score (nSPS) is 43.7. The fourth-order valence-corrected chi connectivity index (χ4v) is 7.93. The third-order valence-corrected chi connectivity index (χ3v) is 9.60. The summed E-state index contributed by atoms with van der Waals surface area (Å²) in [6.07, 6.45) is 18.6. The van der Waals surface area contributed by atoms with E-state index < -0.39 is 0 Å². The van der Waals surface area contributed by atoms with Crippen LogP contribution in [0.25, 0.3) is 5.57 Å². The molecule has 2 fully saturated rings. The van der Waals surface area contributed by atoms with Gasteiger partial charge in [-0.05, 0) is 103 Å². The van der Waals surface area contributed by atoms with Crippen molar-refractivity contribution in [2.24, 2.45) is 34.5 Å². The van der Waals surface area contributed by atoms with Gasteiger partial charge in [-0.1, -0.05) is 38.5 Å². The molecule has 1 heterocycles. The second-order valence-corrected chi connectivity index (χ2v) is 10.6. The first-order chi connectivity index (χ1) is 14.0. The van der Waals surface area contributed by atoms with E-state index in [0.29, 0.717) is 16.9 Å². The predicted octanol–water partition coefficient (Wildman–Crippen LogP) is 6.69. The van der Waals surface area contributed by atoms with Gasteiger partial charge in [-0.25, -0.2) is 0 Å². The molecule has 2 heteroatoms. The summed E-state index contributed by atoms with van der Waals surface area (Å²) in [5.41, 5.74) is 5.44. The van der Waals surface area contributed by atoms with Crippen LogP contribution in [0.4, 0.5) is 0 Å². The smallest absolute Gasteiger partial charge is 0.0608 e. The molecule has 29 heavy (non-hydrogen) atoms. The Labute approximate surface area is 176 Å². The molecule has 2 saturated carbocycles. The molecular weight excluding hydrogens is 354 g/mol.